The molecular formula is C76H139N9O24. The maximum atomic E-state index is 15.3. The molecule has 632 valence electrons. The van der Waals surface area contributed by atoms with Gasteiger partial charge in [0.2, 0.25) is 11.8 Å². The molecule has 0 fully saturated rings. The van der Waals surface area contributed by atoms with Crippen LogP contribution in [0.1, 0.15) is 208 Å². The number of carbonyl (C=O) groups is 12. The van der Waals surface area contributed by atoms with E-state index in [1.165, 1.54) is 34.3 Å². The Bertz CT molecular complexity index is 2640. The van der Waals surface area contributed by atoms with Gasteiger partial charge in [0, 0.05) is 72.0 Å². The van der Waals surface area contributed by atoms with Crippen molar-refractivity contribution in [2.45, 2.75) is 282 Å². The highest BCUT2D eigenvalue weighted by atomic mass is 16.6. The Morgan fingerprint density at radius 2 is 0.404 bits per heavy atom. The summed E-state index contributed by atoms with van der Waals surface area (Å²) in [6, 6.07) is -3.09. The van der Waals surface area contributed by atoms with Gasteiger partial charge in [0.25, 0.3) is 0 Å². The summed E-state index contributed by atoms with van der Waals surface area (Å²) in [5.41, 5.74) is -9.88. The SMILES string of the molecule is CC(C)(C)OC(=O)CN(CCN(CC(=O)OC(C)(C)C)CC(C(=O)NCCN(CCNC(=O)[C@@H](CN(CCN(CC(=O)OC(C)(C)C)CC(=O)OC(C)(C)C)CC(=O)OC(C)(C)C)N(CC(=O)OC(C)(C)C)CC(=O)OC(C)(C)C)CC(O)O)N(CC(=O)OC(C)(C)C)CC(=O)OC(C)(C)C)CC(=O)OC(C)(C)C. The first-order valence-corrected chi connectivity index (χ1v) is 37.1. The zero-order valence-electron chi connectivity index (χ0n) is 71.6. The van der Waals surface area contributed by atoms with Crippen molar-refractivity contribution < 1.29 is 115 Å². The molecule has 0 bridgehead atoms. The van der Waals surface area contributed by atoms with Crippen LogP contribution in [0.3, 0.4) is 0 Å². The van der Waals surface area contributed by atoms with E-state index in [-0.39, 0.29) is 52.4 Å². The maximum absolute atomic E-state index is 15.3. The molecule has 0 aliphatic carbocycles. The number of esters is 10. The molecule has 4 N–H and O–H groups in total. The van der Waals surface area contributed by atoms with Gasteiger partial charge in [-0.25, -0.2) is 0 Å². The highest BCUT2D eigenvalue weighted by molar-refractivity contribution is 5.86. The van der Waals surface area contributed by atoms with Gasteiger partial charge in [-0.3, -0.25) is 91.8 Å². The molecule has 2 atom stereocenters. The predicted octanol–water partition coefficient (Wildman–Crippen LogP) is 3.80. The molecule has 0 aromatic carbocycles. The van der Waals surface area contributed by atoms with Crippen LogP contribution < -0.4 is 10.6 Å². The minimum absolute atomic E-state index is 0.132. The Hall–Kier alpha value is -6.72. The van der Waals surface area contributed by atoms with Crippen molar-refractivity contribution in [3.05, 3.63) is 0 Å². The van der Waals surface area contributed by atoms with Crippen molar-refractivity contribution in [3.8, 4) is 0 Å². The number of nitrogens with zero attached hydrogens (tertiary/aromatic N) is 7. The molecule has 0 saturated heterocycles. The lowest BCUT2D eigenvalue weighted by Crippen LogP contribution is -2.58. The van der Waals surface area contributed by atoms with Crippen molar-refractivity contribution in [3.63, 3.8) is 0 Å². The second-order valence-electron chi connectivity index (χ2n) is 37.0. The Kier molecular flexibility index (Phi) is 41.2. The number of amides is 2. The second kappa shape index (κ2) is 43.9. The number of hydrogen-bond acceptors (Lipinski definition) is 31. The van der Waals surface area contributed by atoms with Crippen LogP contribution in [-0.4, -0.2) is 328 Å². The van der Waals surface area contributed by atoms with Gasteiger partial charge < -0.3 is 68.2 Å². The third-order valence-electron chi connectivity index (χ3n) is 13.3. The molecule has 33 heteroatoms. The van der Waals surface area contributed by atoms with E-state index in [1.54, 1.807) is 208 Å². The third kappa shape index (κ3) is 56.2. The smallest absolute Gasteiger partial charge is 0.320 e. The highest BCUT2D eigenvalue weighted by Gasteiger charge is 2.39. The third-order valence-corrected chi connectivity index (χ3v) is 13.3. The van der Waals surface area contributed by atoms with Crippen LogP contribution in [0.25, 0.3) is 0 Å². The molecule has 0 aliphatic heterocycles. The Labute approximate surface area is 648 Å². The van der Waals surface area contributed by atoms with Crippen LogP contribution in [0.5, 0.6) is 0 Å². The molecule has 109 heavy (non-hydrogen) atoms. The molecule has 2 amide bonds. The highest BCUT2D eigenvalue weighted by Crippen LogP contribution is 2.20. The summed E-state index contributed by atoms with van der Waals surface area (Å²) in [4.78, 5) is 178. The zero-order valence-corrected chi connectivity index (χ0v) is 71.6. The first-order valence-electron chi connectivity index (χ1n) is 37.1. The molecule has 0 aromatic rings. The fraction of sp³-hybridized carbons (Fsp3) is 0.842. The molecule has 0 saturated carbocycles. The Morgan fingerprint density at radius 3 is 0.578 bits per heavy atom. The van der Waals surface area contributed by atoms with E-state index >= 15 is 9.59 Å². The minimum Gasteiger partial charge on any atom is -0.459 e. The fourth-order valence-corrected chi connectivity index (χ4v) is 10.2. The number of aliphatic hydroxyl groups is 2. The number of ether oxygens (including phenoxy) is 10. The van der Waals surface area contributed by atoms with Crippen molar-refractivity contribution in [1.29, 1.82) is 0 Å². The lowest BCUT2D eigenvalue weighted by atomic mass is 10.1. The summed E-state index contributed by atoms with van der Waals surface area (Å²) in [6.45, 7) is 41.1. The van der Waals surface area contributed by atoms with E-state index in [4.69, 9.17) is 47.4 Å². The number of nitrogens with one attached hydrogen (secondary N) is 2. The van der Waals surface area contributed by atoms with E-state index in [1.807, 2.05) is 0 Å². The second-order valence-corrected chi connectivity index (χ2v) is 37.0. The summed E-state index contributed by atoms with van der Waals surface area (Å²) in [6.07, 6.45) is -2.00. The van der Waals surface area contributed by atoms with E-state index in [0.717, 1.165) is 0 Å². The summed E-state index contributed by atoms with van der Waals surface area (Å²) in [5.74, 6) is -9.34. The van der Waals surface area contributed by atoms with Crippen LogP contribution >= 0.6 is 0 Å². The molecule has 0 aromatic heterocycles. The van der Waals surface area contributed by atoms with Crippen LogP contribution in [0.4, 0.5) is 0 Å². The van der Waals surface area contributed by atoms with Crippen molar-refractivity contribution >= 4 is 71.5 Å². The summed E-state index contributed by atoms with van der Waals surface area (Å²) < 4.78 is 56.8. The molecule has 0 aliphatic rings. The Balaban J connectivity index is 8.29. The monoisotopic (exact) mass is 1560 g/mol. The Morgan fingerprint density at radius 1 is 0.239 bits per heavy atom. The maximum Gasteiger partial charge on any atom is 0.320 e. The first kappa shape index (κ1) is 102. The van der Waals surface area contributed by atoms with Gasteiger partial charge in [-0.2, -0.15) is 0 Å². The largest absolute Gasteiger partial charge is 0.459 e. The lowest BCUT2D eigenvalue weighted by Gasteiger charge is -2.36. The van der Waals surface area contributed by atoms with Crippen LogP contribution in [0.2, 0.25) is 0 Å². The standard InChI is InChI=1S/C76H139N9O24/c1-67(2,3)100-55(88)42-80(35-37-82(44-57(90)102-69(7,8)9)45-58(91)103-70(10,11)12)39-52(84(48-61(94)106-73(19,20)21)49-62(95)107-74(22,23)24)65(98)77-31-33-79(41-54(86)87)34-32-78-66(99)53(85(50-63(96)108-75(25,26)27)51-64(97)109-76(28,29)30)40-81(43-56(89)101-68(4,5)6)36-38-83(46-59(92)104-71(13,14)15)47-60(93)105-72(16,17)18/h52-54,86-87H,31-51H2,1-30H3,(H,77,98)(H,78,99)/t52-,53?/m1/s1. The minimum atomic E-state index is -2.00. The number of carbonyl (C=O) groups excluding carboxylic acids is 12. The number of rotatable bonds is 42. The summed E-state index contributed by atoms with van der Waals surface area (Å²) in [5, 5.41) is 26.7. The van der Waals surface area contributed by atoms with Crippen LogP contribution in [0.15, 0.2) is 0 Å². The van der Waals surface area contributed by atoms with Gasteiger partial charge >= 0.3 is 59.7 Å². The molecule has 0 radical (unpaired) electrons. The van der Waals surface area contributed by atoms with Crippen molar-refractivity contribution in [2.75, 3.05) is 137 Å². The van der Waals surface area contributed by atoms with Gasteiger partial charge in [-0.15, -0.1) is 0 Å². The van der Waals surface area contributed by atoms with Crippen LogP contribution in [-0.2, 0) is 105 Å². The summed E-state index contributed by atoms with van der Waals surface area (Å²) in [7, 11) is 0. The predicted molar refractivity (Wildman–Crippen MR) is 406 cm³/mol. The first-order chi connectivity index (χ1) is 48.9. The van der Waals surface area contributed by atoms with E-state index in [2.05, 4.69) is 10.6 Å². The van der Waals surface area contributed by atoms with E-state index in [9.17, 15) is 58.2 Å². The van der Waals surface area contributed by atoms with Crippen LogP contribution in [0, 0.1) is 0 Å². The van der Waals surface area contributed by atoms with Gasteiger partial charge in [0.15, 0.2) is 6.29 Å². The van der Waals surface area contributed by atoms with Gasteiger partial charge in [-0.1, -0.05) is 0 Å². The molecule has 33 nitrogen and oxygen atoms in total. The van der Waals surface area contributed by atoms with Gasteiger partial charge in [0.05, 0.1) is 65.4 Å². The quantitative estimate of drug-likeness (QED) is 0.0383. The summed E-state index contributed by atoms with van der Waals surface area (Å²) >= 11 is 0. The number of aliphatic hydroxyl groups excluding tert-OH is 1. The lowest BCUT2D eigenvalue weighted by molar-refractivity contribution is -0.164. The normalized spacial score (nSPS) is 13.7. The van der Waals surface area contributed by atoms with E-state index in [0.29, 0.717) is 0 Å². The molecule has 1 unspecified atom stereocenters. The van der Waals surface area contributed by atoms with Crippen molar-refractivity contribution in [2.24, 2.45) is 0 Å². The van der Waals surface area contributed by atoms with Gasteiger partial charge in [0.1, 0.15) is 68.1 Å². The fourth-order valence-electron chi connectivity index (χ4n) is 10.2. The van der Waals surface area contributed by atoms with Crippen molar-refractivity contribution in [1.82, 2.24) is 44.9 Å². The topological polar surface area (TPSA) is 384 Å². The average molecular weight is 1560 g/mol. The van der Waals surface area contributed by atoms with Gasteiger partial charge in [-0.05, 0) is 208 Å². The van der Waals surface area contributed by atoms with E-state index < -0.39 is 231 Å². The number of hydrogen-bond donors (Lipinski definition) is 4. The average Bonchev–Trinajstić information content (AvgIpc) is 0.843. The molecule has 0 spiro atoms. The molecule has 0 heterocycles. The molecule has 0 rings (SSSR count). The zero-order chi connectivity index (χ0) is 85.0. The molecular weight excluding hydrogens is 1420 g/mol.